The number of nitro benzene ring substituents is 1. The molecule has 0 aliphatic carbocycles. The topological polar surface area (TPSA) is 59.5 Å². The quantitative estimate of drug-likeness (QED) is 0.496. The number of likely N-dealkylation sites (N-methyl/N-ethyl adjacent to an activating group) is 1. The van der Waals surface area contributed by atoms with Crippen LogP contribution in [-0.4, -0.2) is 23.4 Å². The van der Waals surface area contributed by atoms with E-state index in [-0.39, 0.29) is 10.6 Å². The highest BCUT2D eigenvalue weighted by Crippen LogP contribution is 2.21. The van der Waals surface area contributed by atoms with E-state index in [1.165, 1.54) is 6.07 Å². The number of para-hydroxylation sites is 1. The Morgan fingerprint density at radius 2 is 2.04 bits per heavy atom. The zero-order valence-electron chi connectivity index (χ0n) is 13.4. The summed E-state index contributed by atoms with van der Waals surface area (Å²) in [6.07, 6.45) is 5.61. The summed E-state index contributed by atoms with van der Waals surface area (Å²) in [5.41, 5.74) is 3.00. The summed E-state index contributed by atoms with van der Waals surface area (Å²) in [5.74, 6) is 0. The molecule has 0 aliphatic rings. The molecule has 122 valence electrons. The maximum atomic E-state index is 10.8. The molecule has 1 heterocycles. The third-order valence-corrected chi connectivity index (χ3v) is 3.81. The summed E-state index contributed by atoms with van der Waals surface area (Å²) in [5, 5.41) is 11.9. The lowest BCUT2D eigenvalue weighted by atomic mass is 10.1. The molecule has 3 aromatic rings. The second kappa shape index (κ2) is 7.10. The Bertz CT molecular complexity index is 883. The standard InChI is InChI=1S/C19H18N2O3/c1-20(14-17-8-3-7-16-10-12-24-19(16)17)11-4-6-15-5-2-9-18(13-15)21(22)23/h2-10,12-13H,11,14H2,1H3/b6-4+. The number of rotatable bonds is 6. The number of non-ortho nitro benzene ring substituents is 1. The summed E-state index contributed by atoms with van der Waals surface area (Å²) in [7, 11) is 2.03. The predicted molar refractivity (Wildman–Crippen MR) is 94.7 cm³/mol. The van der Waals surface area contributed by atoms with Gasteiger partial charge in [0.15, 0.2) is 0 Å². The Morgan fingerprint density at radius 1 is 1.21 bits per heavy atom. The Morgan fingerprint density at radius 3 is 2.88 bits per heavy atom. The van der Waals surface area contributed by atoms with Gasteiger partial charge in [0.05, 0.1) is 11.2 Å². The van der Waals surface area contributed by atoms with Crippen LogP contribution in [0, 0.1) is 10.1 Å². The molecule has 1 aromatic heterocycles. The molecule has 2 aromatic carbocycles. The predicted octanol–water partition coefficient (Wildman–Crippen LogP) is 4.49. The number of hydrogen-bond acceptors (Lipinski definition) is 4. The van der Waals surface area contributed by atoms with Crippen molar-refractivity contribution in [1.82, 2.24) is 4.90 Å². The van der Waals surface area contributed by atoms with Crippen LogP contribution in [0.4, 0.5) is 5.69 Å². The van der Waals surface area contributed by atoms with E-state index >= 15 is 0 Å². The minimum Gasteiger partial charge on any atom is -0.464 e. The van der Waals surface area contributed by atoms with Crippen molar-refractivity contribution in [3.05, 3.63) is 82.1 Å². The maximum absolute atomic E-state index is 10.8. The highest BCUT2D eigenvalue weighted by Gasteiger charge is 2.06. The monoisotopic (exact) mass is 322 g/mol. The van der Waals surface area contributed by atoms with Crippen LogP contribution in [0.25, 0.3) is 17.0 Å². The summed E-state index contributed by atoms with van der Waals surface area (Å²) >= 11 is 0. The number of furan rings is 1. The van der Waals surface area contributed by atoms with Crippen LogP contribution in [0.1, 0.15) is 11.1 Å². The first kappa shape index (κ1) is 16.0. The zero-order valence-corrected chi connectivity index (χ0v) is 13.4. The lowest BCUT2D eigenvalue weighted by Gasteiger charge is -2.14. The Labute approximate surface area is 140 Å². The zero-order chi connectivity index (χ0) is 16.9. The molecule has 24 heavy (non-hydrogen) atoms. The van der Waals surface area contributed by atoms with E-state index in [9.17, 15) is 10.1 Å². The molecule has 0 atom stereocenters. The third-order valence-electron chi connectivity index (χ3n) is 3.81. The van der Waals surface area contributed by atoms with Gasteiger partial charge in [-0.15, -0.1) is 0 Å². The van der Waals surface area contributed by atoms with E-state index in [4.69, 9.17) is 4.42 Å². The molecule has 0 saturated carbocycles. The lowest BCUT2D eigenvalue weighted by molar-refractivity contribution is -0.384. The van der Waals surface area contributed by atoms with Gasteiger partial charge in [-0.2, -0.15) is 0 Å². The molecule has 0 N–H and O–H groups in total. The molecule has 5 nitrogen and oxygen atoms in total. The van der Waals surface area contributed by atoms with E-state index in [0.717, 1.165) is 35.2 Å². The van der Waals surface area contributed by atoms with Crippen LogP contribution in [0.3, 0.4) is 0 Å². The molecule has 0 radical (unpaired) electrons. The van der Waals surface area contributed by atoms with Crippen molar-refractivity contribution < 1.29 is 9.34 Å². The Balaban J connectivity index is 1.63. The van der Waals surface area contributed by atoms with Crippen molar-refractivity contribution in [2.45, 2.75) is 6.54 Å². The van der Waals surface area contributed by atoms with Crippen LogP contribution in [-0.2, 0) is 6.54 Å². The lowest BCUT2D eigenvalue weighted by Crippen LogP contribution is -2.17. The van der Waals surface area contributed by atoms with Gasteiger partial charge in [-0.05, 0) is 18.7 Å². The molecule has 0 saturated heterocycles. The van der Waals surface area contributed by atoms with Crippen molar-refractivity contribution in [1.29, 1.82) is 0 Å². The fraction of sp³-hybridized carbons (Fsp3) is 0.158. The molecule has 0 unspecified atom stereocenters. The maximum Gasteiger partial charge on any atom is 0.270 e. The largest absolute Gasteiger partial charge is 0.464 e. The van der Waals surface area contributed by atoms with Crippen LogP contribution >= 0.6 is 0 Å². The summed E-state index contributed by atoms with van der Waals surface area (Å²) in [6.45, 7) is 1.50. The van der Waals surface area contributed by atoms with Crippen LogP contribution in [0.15, 0.2) is 65.3 Å². The molecular formula is C19H18N2O3. The van der Waals surface area contributed by atoms with Gasteiger partial charge in [0.25, 0.3) is 5.69 Å². The second-order valence-corrected chi connectivity index (χ2v) is 5.71. The van der Waals surface area contributed by atoms with Crippen molar-refractivity contribution in [3.63, 3.8) is 0 Å². The number of benzene rings is 2. The first-order valence-electron chi connectivity index (χ1n) is 7.68. The van der Waals surface area contributed by atoms with Crippen LogP contribution < -0.4 is 0 Å². The molecule has 0 fully saturated rings. The van der Waals surface area contributed by atoms with Gasteiger partial charge in [0.1, 0.15) is 5.58 Å². The average molecular weight is 322 g/mol. The van der Waals surface area contributed by atoms with Gasteiger partial charge in [-0.3, -0.25) is 15.0 Å². The normalized spacial score (nSPS) is 11.6. The van der Waals surface area contributed by atoms with Crippen molar-refractivity contribution in [3.8, 4) is 0 Å². The first-order chi connectivity index (χ1) is 11.6. The minimum absolute atomic E-state index is 0.106. The molecule has 0 spiro atoms. The summed E-state index contributed by atoms with van der Waals surface area (Å²) in [4.78, 5) is 12.6. The Kier molecular flexibility index (Phi) is 4.72. The van der Waals surface area contributed by atoms with Gasteiger partial charge >= 0.3 is 0 Å². The minimum atomic E-state index is -0.381. The summed E-state index contributed by atoms with van der Waals surface area (Å²) < 4.78 is 5.55. The summed E-state index contributed by atoms with van der Waals surface area (Å²) in [6, 6.07) is 14.7. The van der Waals surface area contributed by atoms with Gasteiger partial charge < -0.3 is 4.42 Å². The molecule has 0 amide bonds. The molecule has 0 aliphatic heterocycles. The van der Waals surface area contributed by atoms with Crippen LogP contribution in [0.2, 0.25) is 0 Å². The van der Waals surface area contributed by atoms with Gasteiger partial charge in [0, 0.05) is 36.2 Å². The number of nitro groups is 1. The van der Waals surface area contributed by atoms with Crippen molar-refractivity contribution >= 4 is 22.7 Å². The second-order valence-electron chi connectivity index (χ2n) is 5.71. The van der Waals surface area contributed by atoms with E-state index in [2.05, 4.69) is 11.0 Å². The Hall–Kier alpha value is -2.92. The smallest absolute Gasteiger partial charge is 0.270 e. The van der Waals surface area contributed by atoms with Crippen molar-refractivity contribution in [2.75, 3.05) is 13.6 Å². The average Bonchev–Trinajstić information content (AvgIpc) is 3.05. The molecule has 0 bridgehead atoms. The van der Waals surface area contributed by atoms with Gasteiger partial charge in [-0.25, -0.2) is 0 Å². The molecular weight excluding hydrogens is 304 g/mol. The van der Waals surface area contributed by atoms with E-state index in [0.29, 0.717) is 0 Å². The van der Waals surface area contributed by atoms with E-state index in [1.54, 1.807) is 18.4 Å². The van der Waals surface area contributed by atoms with E-state index < -0.39 is 0 Å². The SMILES string of the molecule is CN(C/C=C/c1cccc([N+](=O)[O-])c1)Cc1cccc2ccoc12. The molecule has 3 rings (SSSR count). The fourth-order valence-corrected chi connectivity index (χ4v) is 2.65. The first-order valence-corrected chi connectivity index (χ1v) is 7.68. The van der Waals surface area contributed by atoms with Gasteiger partial charge in [0.2, 0.25) is 0 Å². The van der Waals surface area contributed by atoms with Crippen molar-refractivity contribution in [2.24, 2.45) is 0 Å². The number of fused-ring (bicyclic) bond motifs is 1. The fourth-order valence-electron chi connectivity index (χ4n) is 2.65. The molecule has 5 heteroatoms. The van der Waals surface area contributed by atoms with E-state index in [1.807, 2.05) is 43.5 Å². The highest BCUT2D eigenvalue weighted by molar-refractivity contribution is 5.80. The van der Waals surface area contributed by atoms with Crippen LogP contribution in [0.5, 0.6) is 0 Å². The number of nitrogens with zero attached hydrogens (tertiary/aromatic N) is 2. The van der Waals surface area contributed by atoms with Gasteiger partial charge in [-0.1, -0.05) is 42.5 Å². The highest BCUT2D eigenvalue weighted by atomic mass is 16.6. The third kappa shape index (κ3) is 3.70. The number of hydrogen-bond donors (Lipinski definition) is 0.